The van der Waals surface area contributed by atoms with Gasteiger partial charge < -0.3 is 4.74 Å². The predicted molar refractivity (Wildman–Crippen MR) is 83.3 cm³/mol. The molecule has 94 valence electrons. The molecule has 0 radical (unpaired) electrons. The van der Waals surface area contributed by atoms with Gasteiger partial charge in [-0.15, -0.1) is 11.3 Å². The fraction of sp³-hybridized carbons (Fsp3) is 0.0588. The maximum absolute atomic E-state index is 5.02. The van der Waals surface area contributed by atoms with Gasteiger partial charge in [0.1, 0.15) is 0 Å². The Labute approximate surface area is 116 Å². The van der Waals surface area contributed by atoms with Crippen molar-refractivity contribution in [1.29, 1.82) is 0 Å². The van der Waals surface area contributed by atoms with Crippen LogP contribution in [0.4, 0.5) is 0 Å². The number of hydrogen-bond donors (Lipinski definition) is 0. The molecule has 0 N–H and O–H groups in total. The van der Waals surface area contributed by atoms with E-state index in [1.54, 1.807) is 24.7 Å². The highest BCUT2D eigenvalue weighted by atomic mass is 32.1. The van der Waals surface area contributed by atoms with Crippen LogP contribution in [0.3, 0.4) is 0 Å². The molecule has 0 spiro atoms. The third kappa shape index (κ3) is 2.27. The number of fused-ring (bicyclic) bond motifs is 1. The third-order valence-corrected chi connectivity index (χ3v) is 4.08. The zero-order valence-electron chi connectivity index (χ0n) is 10.7. The number of thiophene rings is 1. The second kappa shape index (κ2) is 5.29. The molecular weight excluding hydrogens is 252 g/mol. The van der Waals surface area contributed by atoms with Crippen LogP contribution in [0.1, 0.15) is 5.56 Å². The van der Waals surface area contributed by atoms with Crippen molar-refractivity contribution in [2.75, 3.05) is 7.11 Å². The van der Waals surface area contributed by atoms with Crippen molar-refractivity contribution in [1.82, 2.24) is 0 Å². The molecule has 0 atom stereocenters. The summed E-state index contributed by atoms with van der Waals surface area (Å²) in [4.78, 5) is 1.28. The van der Waals surface area contributed by atoms with Crippen LogP contribution in [-0.4, -0.2) is 7.11 Å². The van der Waals surface area contributed by atoms with E-state index in [1.165, 1.54) is 26.8 Å². The SMILES string of the molecule is CO/C=C/c1ccsc1-c1cccc2ccccc12. The first-order chi connectivity index (χ1) is 9.40. The summed E-state index contributed by atoms with van der Waals surface area (Å²) in [6.07, 6.45) is 3.73. The molecule has 1 heterocycles. The van der Waals surface area contributed by atoms with E-state index in [-0.39, 0.29) is 0 Å². The molecule has 0 aliphatic carbocycles. The number of hydrogen-bond acceptors (Lipinski definition) is 2. The molecule has 0 fully saturated rings. The van der Waals surface area contributed by atoms with Crippen molar-refractivity contribution in [3.63, 3.8) is 0 Å². The normalized spacial score (nSPS) is 11.2. The summed E-state index contributed by atoms with van der Waals surface area (Å²) in [5, 5.41) is 4.68. The largest absolute Gasteiger partial charge is 0.504 e. The summed E-state index contributed by atoms with van der Waals surface area (Å²) in [5.41, 5.74) is 2.48. The van der Waals surface area contributed by atoms with E-state index in [0.717, 1.165) is 0 Å². The van der Waals surface area contributed by atoms with Gasteiger partial charge in [-0.1, -0.05) is 42.5 Å². The number of ether oxygens (including phenoxy) is 1. The highest BCUT2D eigenvalue weighted by Gasteiger charge is 2.08. The molecule has 3 aromatic rings. The van der Waals surface area contributed by atoms with Crippen LogP contribution >= 0.6 is 11.3 Å². The van der Waals surface area contributed by atoms with E-state index in [0.29, 0.717) is 0 Å². The van der Waals surface area contributed by atoms with E-state index in [4.69, 9.17) is 4.74 Å². The monoisotopic (exact) mass is 266 g/mol. The first-order valence-electron chi connectivity index (χ1n) is 6.15. The molecule has 2 heteroatoms. The zero-order chi connectivity index (χ0) is 13.1. The Balaban J connectivity index is 2.20. The highest BCUT2D eigenvalue weighted by molar-refractivity contribution is 7.14. The Morgan fingerprint density at radius 2 is 1.84 bits per heavy atom. The topological polar surface area (TPSA) is 9.23 Å². The Morgan fingerprint density at radius 3 is 2.74 bits per heavy atom. The zero-order valence-corrected chi connectivity index (χ0v) is 11.5. The van der Waals surface area contributed by atoms with Gasteiger partial charge in [0, 0.05) is 10.4 Å². The predicted octanol–water partition coefficient (Wildman–Crippen LogP) is 5.19. The van der Waals surface area contributed by atoms with Gasteiger partial charge in [0.05, 0.1) is 13.4 Å². The minimum Gasteiger partial charge on any atom is -0.504 e. The Bertz CT molecular complexity index is 719. The highest BCUT2D eigenvalue weighted by Crippen LogP contribution is 2.35. The second-order valence-electron chi connectivity index (χ2n) is 4.27. The van der Waals surface area contributed by atoms with Gasteiger partial charge >= 0.3 is 0 Å². The van der Waals surface area contributed by atoms with Crippen LogP contribution in [0.25, 0.3) is 27.3 Å². The number of rotatable bonds is 3. The smallest absolute Gasteiger partial charge is 0.0831 e. The summed E-state index contributed by atoms with van der Waals surface area (Å²) in [6, 6.07) is 17.1. The lowest BCUT2D eigenvalue weighted by Gasteiger charge is -2.06. The van der Waals surface area contributed by atoms with Gasteiger partial charge in [-0.25, -0.2) is 0 Å². The van der Waals surface area contributed by atoms with Crippen molar-refractivity contribution < 1.29 is 4.74 Å². The second-order valence-corrected chi connectivity index (χ2v) is 5.19. The summed E-state index contributed by atoms with van der Waals surface area (Å²) in [7, 11) is 1.67. The first kappa shape index (κ1) is 12.0. The average molecular weight is 266 g/mol. The van der Waals surface area contributed by atoms with E-state index >= 15 is 0 Å². The van der Waals surface area contributed by atoms with Crippen LogP contribution in [0.2, 0.25) is 0 Å². The van der Waals surface area contributed by atoms with Crippen LogP contribution in [0, 0.1) is 0 Å². The fourth-order valence-corrected chi connectivity index (χ4v) is 3.16. The molecule has 0 aliphatic rings. The Kier molecular flexibility index (Phi) is 3.34. The molecule has 0 unspecified atom stereocenters. The van der Waals surface area contributed by atoms with Crippen LogP contribution < -0.4 is 0 Å². The third-order valence-electron chi connectivity index (χ3n) is 3.11. The Hall–Kier alpha value is -2.06. The van der Waals surface area contributed by atoms with Crippen LogP contribution in [0.15, 0.2) is 60.2 Å². The number of benzene rings is 2. The lowest BCUT2D eigenvalue weighted by Crippen LogP contribution is -1.80. The van der Waals surface area contributed by atoms with Crippen molar-refractivity contribution in [2.24, 2.45) is 0 Å². The first-order valence-corrected chi connectivity index (χ1v) is 7.03. The molecule has 0 bridgehead atoms. The van der Waals surface area contributed by atoms with Gasteiger partial charge in [0.15, 0.2) is 0 Å². The molecule has 0 amide bonds. The average Bonchev–Trinajstić information content (AvgIpc) is 2.92. The van der Waals surface area contributed by atoms with Gasteiger partial charge in [-0.2, -0.15) is 0 Å². The molecule has 0 saturated carbocycles. The molecule has 19 heavy (non-hydrogen) atoms. The van der Waals surface area contributed by atoms with E-state index < -0.39 is 0 Å². The summed E-state index contributed by atoms with van der Waals surface area (Å²) in [6.45, 7) is 0. The quantitative estimate of drug-likeness (QED) is 0.593. The maximum Gasteiger partial charge on any atom is 0.0831 e. The van der Waals surface area contributed by atoms with Gasteiger partial charge in [-0.05, 0) is 33.9 Å². The van der Waals surface area contributed by atoms with Crippen molar-refractivity contribution in [2.45, 2.75) is 0 Å². The maximum atomic E-state index is 5.02. The lowest BCUT2D eigenvalue weighted by atomic mass is 10.0. The molecule has 1 aromatic heterocycles. The summed E-state index contributed by atoms with van der Waals surface area (Å²) in [5.74, 6) is 0. The van der Waals surface area contributed by atoms with Crippen molar-refractivity contribution in [3.8, 4) is 10.4 Å². The standard InChI is InChI=1S/C17H14OS/c1-18-11-9-14-10-12-19-17(14)16-8-4-6-13-5-2-3-7-15(13)16/h2-12H,1H3/b11-9+. The van der Waals surface area contributed by atoms with Crippen molar-refractivity contribution in [3.05, 3.63) is 65.7 Å². The Morgan fingerprint density at radius 1 is 1.00 bits per heavy atom. The van der Waals surface area contributed by atoms with Gasteiger partial charge in [0.25, 0.3) is 0 Å². The van der Waals surface area contributed by atoms with Gasteiger partial charge in [0.2, 0.25) is 0 Å². The summed E-state index contributed by atoms with van der Waals surface area (Å²) >= 11 is 1.76. The van der Waals surface area contributed by atoms with Crippen molar-refractivity contribution >= 4 is 28.2 Å². The minimum atomic E-state index is 1.20. The molecule has 0 saturated heterocycles. The van der Waals surface area contributed by atoms with E-state index in [9.17, 15) is 0 Å². The molecule has 2 aromatic carbocycles. The van der Waals surface area contributed by atoms with Crippen LogP contribution in [-0.2, 0) is 4.74 Å². The fourth-order valence-electron chi connectivity index (χ4n) is 2.23. The molecule has 1 nitrogen and oxygen atoms in total. The molecule has 0 aliphatic heterocycles. The summed E-state index contributed by atoms with van der Waals surface area (Å²) < 4.78 is 5.02. The van der Waals surface area contributed by atoms with E-state index in [1.807, 2.05) is 6.08 Å². The molecule has 3 rings (SSSR count). The van der Waals surface area contributed by atoms with Gasteiger partial charge in [-0.3, -0.25) is 0 Å². The number of methoxy groups -OCH3 is 1. The van der Waals surface area contributed by atoms with Crippen LogP contribution in [0.5, 0.6) is 0 Å². The minimum absolute atomic E-state index is 1.20. The molecular formula is C17H14OS. The van der Waals surface area contributed by atoms with E-state index in [2.05, 4.69) is 53.9 Å². The lowest BCUT2D eigenvalue weighted by molar-refractivity contribution is 0.341.